The van der Waals surface area contributed by atoms with E-state index in [1.165, 1.54) is 4.90 Å². The summed E-state index contributed by atoms with van der Waals surface area (Å²) in [4.78, 5) is 40.7. The molecule has 0 aromatic heterocycles. The molecule has 28 heavy (non-hydrogen) atoms. The van der Waals surface area contributed by atoms with Gasteiger partial charge in [0.15, 0.2) is 0 Å². The molecule has 152 valence electrons. The summed E-state index contributed by atoms with van der Waals surface area (Å²) >= 11 is 0. The normalized spacial score (nSPS) is 21.6. The third-order valence-electron chi connectivity index (χ3n) is 5.91. The number of hydrogen-bond acceptors (Lipinski definition) is 4. The smallest absolute Gasteiger partial charge is 0.407 e. The van der Waals surface area contributed by atoms with Crippen LogP contribution >= 0.6 is 0 Å². The minimum absolute atomic E-state index is 0.0170. The summed E-state index contributed by atoms with van der Waals surface area (Å²) in [5, 5.41) is 9.18. The van der Waals surface area contributed by atoms with E-state index in [4.69, 9.17) is 0 Å². The first-order chi connectivity index (χ1) is 13.3. The number of carbonyl (C=O) groups is 3. The minimum Gasteiger partial charge on any atom is -0.465 e. The molecule has 3 rings (SSSR count). The van der Waals surface area contributed by atoms with Gasteiger partial charge in [0.1, 0.15) is 5.78 Å². The molecular weight excluding hydrogens is 358 g/mol. The molecule has 7 nitrogen and oxygen atoms in total. The molecular formula is C21H29N3O4. The van der Waals surface area contributed by atoms with E-state index < -0.39 is 6.09 Å². The van der Waals surface area contributed by atoms with Crippen molar-refractivity contribution in [3.05, 3.63) is 29.8 Å². The minimum atomic E-state index is -0.855. The van der Waals surface area contributed by atoms with Crippen LogP contribution in [0.5, 0.6) is 0 Å². The number of ketones is 1. The van der Waals surface area contributed by atoms with Crippen LogP contribution in [0.3, 0.4) is 0 Å². The van der Waals surface area contributed by atoms with Gasteiger partial charge in [-0.15, -0.1) is 0 Å². The fourth-order valence-corrected chi connectivity index (χ4v) is 4.13. The molecule has 2 fully saturated rings. The Morgan fingerprint density at radius 2 is 1.79 bits per heavy atom. The fourth-order valence-electron chi connectivity index (χ4n) is 4.13. The molecule has 0 unspecified atom stereocenters. The maximum absolute atomic E-state index is 12.7. The van der Waals surface area contributed by atoms with Crippen molar-refractivity contribution in [2.24, 2.45) is 5.92 Å². The average Bonchev–Trinajstić information content (AvgIpc) is 2.68. The molecule has 0 radical (unpaired) electrons. The van der Waals surface area contributed by atoms with Gasteiger partial charge in [-0.2, -0.15) is 0 Å². The largest absolute Gasteiger partial charge is 0.465 e. The van der Waals surface area contributed by atoms with Gasteiger partial charge in [-0.05, 0) is 37.5 Å². The number of amides is 2. The van der Waals surface area contributed by atoms with Crippen molar-refractivity contribution < 1.29 is 19.5 Å². The van der Waals surface area contributed by atoms with Crippen molar-refractivity contribution in [2.75, 3.05) is 31.6 Å². The lowest BCUT2D eigenvalue weighted by molar-refractivity contribution is -0.126. The Hall–Kier alpha value is -2.41. The van der Waals surface area contributed by atoms with Gasteiger partial charge in [0, 0.05) is 63.7 Å². The molecule has 1 heterocycles. The Labute approximate surface area is 165 Å². The second kappa shape index (κ2) is 8.73. The third kappa shape index (κ3) is 4.70. The second-order valence-electron chi connectivity index (χ2n) is 7.94. The lowest BCUT2D eigenvalue weighted by atomic mass is 9.87. The highest BCUT2D eigenvalue weighted by Crippen LogP contribution is 2.26. The Morgan fingerprint density at radius 1 is 1.14 bits per heavy atom. The summed E-state index contributed by atoms with van der Waals surface area (Å²) < 4.78 is 0. The Balaban J connectivity index is 1.55. The van der Waals surface area contributed by atoms with Gasteiger partial charge in [-0.25, -0.2) is 4.79 Å². The number of Topliss-reactive ketones (excluding diaryl/α,β-unsaturated/α-hetero) is 1. The van der Waals surface area contributed by atoms with Gasteiger partial charge < -0.3 is 14.9 Å². The topological polar surface area (TPSA) is 81.2 Å². The number of carboxylic acid groups (broad SMARTS) is 1. The van der Waals surface area contributed by atoms with Crippen molar-refractivity contribution in [3.8, 4) is 0 Å². The van der Waals surface area contributed by atoms with Crippen molar-refractivity contribution in [3.63, 3.8) is 0 Å². The zero-order valence-electron chi connectivity index (χ0n) is 16.6. The standard InChI is InChI=1S/C21H29N3O4/c1-15-13-23(11-12-24(15)21(27)28)14-16-3-7-18(8-4-16)22(2)20(26)17-5-9-19(25)10-6-17/h3-4,7-8,15,17H,5-6,9-14H2,1-2H3,(H,27,28)/t15-/m0/s1. The summed E-state index contributed by atoms with van der Waals surface area (Å²) in [7, 11) is 1.79. The Morgan fingerprint density at radius 3 is 2.36 bits per heavy atom. The van der Waals surface area contributed by atoms with E-state index in [1.807, 2.05) is 31.2 Å². The number of carbonyl (C=O) groups excluding carboxylic acids is 2. The lowest BCUT2D eigenvalue weighted by Gasteiger charge is -2.38. The van der Waals surface area contributed by atoms with Crippen LogP contribution in [0.1, 0.15) is 38.2 Å². The molecule has 2 aliphatic rings. The van der Waals surface area contributed by atoms with Crippen LogP contribution < -0.4 is 4.90 Å². The quantitative estimate of drug-likeness (QED) is 0.859. The molecule has 2 amide bonds. The first kappa shape index (κ1) is 20.3. The highest BCUT2D eigenvalue weighted by molar-refractivity contribution is 5.95. The van der Waals surface area contributed by atoms with Gasteiger partial charge >= 0.3 is 6.09 Å². The number of anilines is 1. The summed E-state index contributed by atoms with van der Waals surface area (Å²) in [6.45, 7) is 4.66. The van der Waals surface area contributed by atoms with E-state index in [2.05, 4.69) is 4.90 Å². The zero-order valence-corrected chi connectivity index (χ0v) is 16.6. The number of nitrogens with zero attached hydrogens (tertiary/aromatic N) is 3. The van der Waals surface area contributed by atoms with Gasteiger partial charge in [-0.1, -0.05) is 12.1 Å². The van der Waals surface area contributed by atoms with Crippen LogP contribution in [0.4, 0.5) is 10.5 Å². The number of benzene rings is 1. The number of piperazine rings is 1. The Bertz CT molecular complexity index is 724. The monoisotopic (exact) mass is 387 g/mol. The molecule has 1 aliphatic heterocycles. The van der Waals surface area contributed by atoms with Crippen LogP contribution in [0.2, 0.25) is 0 Å². The molecule has 0 bridgehead atoms. The van der Waals surface area contributed by atoms with Crippen LogP contribution in [-0.4, -0.2) is 65.4 Å². The van der Waals surface area contributed by atoms with Crippen LogP contribution in [0, 0.1) is 5.92 Å². The van der Waals surface area contributed by atoms with E-state index in [0.29, 0.717) is 38.8 Å². The van der Waals surface area contributed by atoms with Crippen molar-refractivity contribution in [1.29, 1.82) is 0 Å². The summed E-state index contributed by atoms with van der Waals surface area (Å²) in [6.07, 6.45) is 1.47. The highest BCUT2D eigenvalue weighted by atomic mass is 16.4. The van der Waals surface area contributed by atoms with Crippen LogP contribution in [0.25, 0.3) is 0 Å². The lowest BCUT2D eigenvalue weighted by Crippen LogP contribution is -2.53. The van der Waals surface area contributed by atoms with Crippen molar-refractivity contribution >= 4 is 23.5 Å². The van der Waals surface area contributed by atoms with Crippen molar-refractivity contribution in [2.45, 2.75) is 45.2 Å². The number of rotatable bonds is 4. The molecule has 1 aromatic carbocycles. The van der Waals surface area contributed by atoms with E-state index in [9.17, 15) is 19.5 Å². The molecule has 1 saturated heterocycles. The van der Waals surface area contributed by atoms with Gasteiger partial charge in [0.05, 0.1) is 0 Å². The van der Waals surface area contributed by atoms with Gasteiger partial charge in [0.25, 0.3) is 0 Å². The summed E-state index contributed by atoms with van der Waals surface area (Å²) in [6, 6.07) is 7.95. The Kier molecular flexibility index (Phi) is 6.34. The zero-order chi connectivity index (χ0) is 20.3. The van der Waals surface area contributed by atoms with E-state index in [0.717, 1.165) is 24.3 Å². The summed E-state index contributed by atoms with van der Waals surface area (Å²) in [5.41, 5.74) is 2.00. The number of hydrogen-bond donors (Lipinski definition) is 1. The molecule has 1 atom stereocenters. The first-order valence-corrected chi connectivity index (χ1v) is 9.95. The van der Waals surface area contributed by atoms with E-state index in [-0.39, 0.29) is 23.7 Å². The predicted molar refractivity (Wildman–Crippen MR) is 106 cm³/mol. The van der Waals surface area contributed by atoms with Crippen LogP contribution in [-0.2, 0) is 16.1 Å². The molecule has 1 aromatic rings. The fraction of sp³-hybridized carbons (Fsp3) is 0.571. The molecule has 7 heteroatoms. The molecule has 1 aliphatic carbocycles. The second-order valence-corrected chi connectivity index (χ2v) is 7.94. The molecule has 1 N–H and O–H groups in total. The van der Waals surface area contributed by atoms with Gasteiger partial charge in [-0.3, -0.25) is 14.5 Å². The van der Waals surface area contributed by atoms with Gasteiger partial charge in [0.2, 0.25) is 5.91 Å². The maximum atomic E-state index is 12.7. The molecule has 1 saturated carbocycles. The van der Waals surface area contributed by atoms with E-state index in [1.54, 1.807) is 11.9 Å². The van der Waals surface area contributed by atoms with Crippen molar-refractivity contribution in [1.82, 2.24) is 9.80 Å². The van der Waals surface area contributed by atoms with Crippen LogP contribution in [0.15, 0.2) is 24.3 Å². The highest BCUT2D eigenvalue weighted by Gasteiger charge is 2.28. The van der Waals surface area contributed by atoms with E-state index >= 15 is 0 Å². The maximum Gasteiger partial charge on any atom is 0.407 e. The average molecular weight is 387 g/mol. The molecule has 0 spiro atoms. The first-order valence-electron chi connectivity index (χ1n) is 9.95. The summed E-state index contributed by atoms with van der Waals surface area (Å²) in [5.74, 6) is 0.280. The predicted octanol–water partition coefficient (Wildman–Crippen LogP) is 2.59. The third-order valence-corrected chi connectivity index (χ3v) is 5.91. The SMILES string of the molecule is C[C@H]1CN(Cc2ccc(N(C)C(=O)C3CCC(=O)CC3)cc2)CCN1C(=O)O.